The van der Waals surface area contributed by atoms with Gasteiger partial charge in [-0.15, -0.1) is 0 Å². The van der Waals surface area contributed by atoms with Gasteiger partial charge in [-0.05, 0) is 33.3 Å². The number of rotatable bonds is 2. The van der Waals surface area contributed by atoms with E-state index < -0.39 is 0 Å². The Morgan fingerprint density at radius 2 is 1.78 bits per heavy atom. The molecule has 1 nitrogen and oxygen atoms in total. The van der Waals surface area contributed by atoms with E-state index in [4.69, 9.17) is 5.11 Å². The maximum Gasteiger partial charge on any atom is 0.0855 e. The second-order valence-corrected chi connectivity index (χ2v) is 2.36. The summed E-state index contributed by atoms with van der Waals surface area (Å²) in [4.78, 5) is 0. The van der Waals surface area contributed by atoms with Crippen LogP contribution in [0.2, 0.25) is 0 Å². The molecule has 0 saturated heterocycles. The van der Waals surface area contributed by atoms with Crippen molar-refractivity contribution in [2.24, 2.45) is 0 Å². The van der Waals surface area contributed by atoms with E-state index >= 15 is 0 Å². The van der Waals surface area contributed by atoms with Gasteiger partial charge in [0.15, 0.2) is 0 Å². The molecule has 0 fully saturated rings. The highest BCUT2D eigenvalue weighted by Crippen LogP contribution is 1.95. The van der Waals surface area contributed by atoms with Crippen LogP contribution >= 0.6 is 0 Å². The number of aliphatic hydroxyl groups is 1. The Morgan fingerprint density at radius 1 is 1.22 bits per heavy atom. The van der Waals surface area contributed by atoms with Crippen molar-refractivity contribution in [2.45, 2.75) is 27.2 Å². The third kappa shape index (κ3) is 7.28. The van der Waals surface area contributed by atoms with Gasteiger partial charge in [-0.1, -0.05) is 11.6 Å². The van der Waals surface area contributed by atoms with Gasteiger partial charge < -0.3 is 5.11 Å². The second kappa shape index (κ2) is 4.19. The molecule has 0 radical (unpaired) electrons. The number of hydrogen-bond donors (Lipinski definition) is 1. The largest absolute Gasteiger partial charge is 0.513 e. The summed E-state index contributed by atoms with van der Waals surface area (Å²) in [6.45, 7) is 5.76. The fourth-order valence-corrected chi connectivity index (χ4v) is 0.465. The van der Waals surface area contributed by atoms with Crippen molar-refractivity contribution >= 4 is 0 Å². The van der Waals surface area contributed by atoms with Gasteiger partial charge in [-0.2, -0.15) is 0 Å². The van der Waals surface area contributed by atoms with Gasteiger partial charge >= 0.3 is 0 Å². The van der Waals surface area contributed by atoms with E-state index in [1.807, 2.05) is 13.8 Å². The molecule has 0 saturated carbocycles. The molecule has 0 aliphatic carbocycles. The standard InChI is InChI=1S/C8H14O/c1-7(2)5-4-6-8(3)9/h5-6,9H,4H2,1-3H3/b8-6-. The Balaban J connectivity index is 3.53. The molecule has 9 heavy (non-hydrogen) atoms. The lowest BCUT2D eigenvalue weighted by Gasteiger charge is -1.87. The topological polar surface area (TPSA) is 20.2 Å². The molecule has 0 atom stereocenters. The lowest BCUT2D eigenvalue weighted by Crippen LogP contribution is -1.69. The van der Waals surface area contributed by atoms with Crippen molar-refractivity contribution in [3.8, 4) is 0 Å². The first-order chi connectivity index (χ1) is 4.13. The minimum atomic E-state index is 0.396. The summed E-state index contributed by atoms with van der Waals surface area (Å²) in [6, 6.07) is 0. The zero-order chi connectivity index (χ0) is 7.28. The van der Waals surface area contributed by atoms with Crippen molar-refractivity contribution in [1.82, 2.24) is 0 Å². The normalized spacial score (nSPS) is 11.2. The van der Waals surface area contributed by atoms with E-state index in [9.17, 15) is 0 Å². The molecule has 0 spiro atoms. The predicted octanol–water partition coefficient (Wildman–Crippen LogP) is 2.80. The number of aliphatic hydroxyl groups excluding tert-OH is 1. The van der Waals surface area contributed by atoms with E-state index in [1.165, 1.54) is 5.57 Å². The quantitative estimate of drug-likeness (QED) is 0.445. The van der Waals surface area contributed by atoms with E-state index in [0.29, 0.717) is 5.76 Å². The minimum absolute atomic E-state index is 0.396. The average molecular weight is 126 g/mol. The third-order valence-corrected chi connectivity index (χ3v) is 0.939. The maximum absolute atomic E-state index is 8.70. The molecule has 0 aliphatic heterocycles. The summed E-state index contributed by atoms with van der Waals surface area (Å²) in [5.41, 5.74) is 1.28. The van der Waals surface area contributed by atoms with E-state index in [-0.39, 0.29) is 0 Å². The van der Waals surface area contributed by atoms with Crippen LogP contribution in [0.15, 0.2) is 23.5 Å². The molecule has 0 aromatic carbocycles. The Labute approximate surface area is 56.7 Å². The summed E-state index contributed by atoms with van der Waals surface area (Å²) in [5.74, 6) is 0.396. The molecule has 0 heterocycles. The molecule has 1 heteroatoms. The highest BCUT2D eigenvalue weighted by molar-refractivity contribution is 5.00. The second-order valence-electron chi connectivity index (χ2n) is 2.36. The third-order valence-electron chi connectivity index (χ3n) is 0.939. The van der Waals surface area contributed by atoms with Crippen molar-refractivity contribution < 1.29 is 5.11 Å². The zero-order valence-corrected chi connectivity index (χ0v) is 6.31. The van der Waals surface area contributed by atoms with Crippen LogP contribution in [0.1, 0.15) is 27.2 Å². The van der Waals surface area contributed by atoms with Crippen molar-refractivity contribution in [2.75, 3.05) is 0 Å². The molecule has 0 amide bonds. The Bertz CT molecular complexity index is 108. The van der Waals surface area contributed by atoms with Crippen LogP contribution < -0.4 is 0 Å². The van der Waals surface area contributed by atoms with Crippen LogP contribution in [0.4, 0.5) is 0 Å². The van der Waals surface area contributed by atoms with Gasteiger partial charge in [0.1, 0.15) is 0 Å². The monoisotopic (exact) mass is 126 g/mol. The Kier molecular flexibility index (Phi) is 3.85. The lowest BCUT2D eigenvalue weighted by molar-refractivity contribution is 0.412. The fraction of sp³-hybridized carbons (Fsp3) is 0.500. The van der Waals surface area contributed by atoms with E-state index in [2.05, 4.69) is 6.08 Å². The summed E-state index contributed by atoms with van der Waals surface area (Å²) < 4.78 is 0. The summed E-state index contributed by atoms with van der Waals surface area (Å²) in [7, 11) is 0. The van der Waals surface area contributed by atoms with Crippen LogP contribution in [-0.4, -0.2) is 5.11 Å². The molecular weight excluding hydrogens is 112 g/mol. The fourth-order valence-electron chi connectivity index (χ4n) is 0.465. The van der Waals surface area contributed by atoms with Gasteiger partial charge in [-0.3, -0.25) is 0 Å². The first-order valence-electron chi connectivity index (χ1n) is 3.12. The average Bonchev–Trinajstić information content (AvgIpc) is 1.63. The van der Waals surface area contributed by atoms with Gasteiger partial charge in [0, 0.05) is 0 Å². The SMILES string of the molecule is CC(C)=CC/C=C(/C)O. The highest BCUT2D eigenvalue weighted by Gasteiger charge is 1.77. The van der Waals surface area contributed by atoms with E-state index in [0.717, 1.165) is 6.42 Å². The minimum Gasteiger partial charge on any atom is -0.513 e. The first-order valence-corrected chi connectivity index (χ1v) is 3.12. The van der Waals surface area contributed by atoms with Crippen LogP contribution in [0.5, 0.6) is 0 Å². The van der Waals surface area contributed by atoms with Gasteiger partial charge in [0.2, 0.25) is 0 Å². The van der Waals surface area contributed by atoms with Gasteiger partial charge in [0.05, 0.1) is 5.76 Å². The predicted molar refractivity (Wildman–Crippen MR) is 40.4 cm³/mol. The van der Waals surface area contributed by atoms with Crippen molar-refractivity contribution in [3.05, 3.63) is 23.5 Å². The van der Waals surface area contributed by atoms with Crippen molar-refractivity contribution in [3.63, 3.8) is 0 Å². The molecular formula is C8H14O. The lowest BCUT2D eigenvalue weighted by atomic mass is 10.2. The Hall–Kier alpha value is -0.720. The summed E-state index contributed by atoms with van der Waals surface area (Å²) in [5, 5.41) is 8.70. The Morgan fingerprint density at radius 3 is 2.11 bits per heavy atom. The highest BCUT2D eigenvalue weighted by atomic mass is 16.3. The van der Waals surface area contributed by atoms with Crippen molar-refractivity contribution in [1.29, 1.82) is 0 Å². The molecule has 0 aromatic rings. The number of hydrogen-bond acceptors (Lipinski definition) is 1. The van der Waals surface area contributed by atoms with Crippen LogP contribution in [0.25, 0.3) is 0 Å². The smallest absolute Gasteiger partial charge is 0.0855 e. The molecule has 1 N–H and O–H groups in total. The van der Waals surface area contributed by atoms with Gasteiger partial charge in [0.25, 0.3) is 0 Å². The first kappa shape index (κ1) is 8.28. The summed E-state index contributed by atoms with van der Waals surface area (Å²) in [6.07, 6.45) is 4.69. The molecule has 0 bridgehead atoms. The molecule has 0 unspecified atom stereocenters. The van der Waals surface area contributed by atoms with Crippen LogP contribution in [0, 0.1) is 0 Å². The summed E-state index contributed by atoms with van der Waals surface area (Å²) >= 11 is 0. The molecule has 52 valence electrons. The molecule has 0 aromatic heterocycles. The molecule has 0 aliphatic rings. The van der Waals surface area contributed by atoms with Crippen LogP contribution in [0.3, 0.4) is 0 Å². The molecule has 0 rings (SSSR count). The number of allylic oxidation sites excluding steroid dienone is 4. The van der Waals surface area contributed by atoms with E-state index in [1.54, 1.807) is 13.0 Å². The van der Waals surface area contributed by atoms with Gasteiger partial charge in [-0.25, -0.2) is 0 Å². The zero-order valence-electron chi connectivity index (χ0n) is 6.31. The van der Waals surface area contributed by atoms with Crippen LogP contribution in [-0.2, 0) is 0 Å². The maximum atomic E-state index is 8.70.